The molecule has 2 aliphatic rings. The Balaban J connectivity index is 1.61. The fourth-order valence-electron chi connectivity index (χ4n) is 3.63. The smallest absolute Gasteiger partial charge is 0.221 e. The number of benzene rings is 1. The lowest BCUT2D eigenvalue weighted by molar-refractivity contribution is -0.136. The van der Waals surface area contributed by atoms with Gasteiger partial charge in [-0.25, -0.2) is 0 Å². The monoisotopic (exact) mass is 302 g/mol. The van der Waals surface area contributed by atoms with Gasteiger partial charge in [-0.05, 0) is 56.7 Å². The first-order valence-corrected chi connectivity index (χ1v) is 8.34. The van der Waals surface area contributed by atoms with Crippen LogP contribution in [0, 0.1) is 0 Å². The maximum Gasteiger partial charge on any atom is 0.221 e. The summed E-state index contributed by atoms with van der Waals surface area (Å²) in [5.41, 5.74) is 2.25. The van der Waals surface area contributed by atoms with Crippen LogP contribution in [0.5, 0.6) is 0 Å². The molecule has 2 N–H and O–H groups in total. The van der Waals surface area contributed by atoms with Crippen molar-refractivity contribution in [3.05, 3.63) is 29.8 Å². The summed E-state index contributed by atoms with van der Waals surface area (Å²) in [7, 11) is 0. The molecule has 1 aromatic rings. The van der Waals surface area contributed by atoms with Crippen LogP contribution in [0.2, 0.25) is 0 Å². The van der Waals surface area contributed by atoms with Gasteiger partial charge in [0.05, 0.1) is 5.60 Å². The van der Waals surface area contributed by atoms with Crippen LogP contribution < -0.4 is 10.6 Å². The molecule has 1 spiro atoms. The molecule has 1 amide bonds. The van der Waals surface area contributed by atoms with E-state index in [9.17, 15) is 4.79 Å². The Labute approximate surface area is 132 Å². The summed E-state index contributed by atoms with van der Waals surface area (Å²) >= 11 is 0. The van der Waals surface area contributed by atoms with E-state index >= 15 is 0 Å². The van der Waals surface area contributed by atoms with E-state index in [2.05, 4.69) is 29.7 Å². The third-order valence-corrected chi connectivity index (χ3v) is 4.95. The zero-order valence-electron chi connectivity index (χ0n) is 13.5. The highest BCUT2D eigenvalue weighted by atomic mass is 16.5. The lowest BCUT2D eigenvalue weighted by atomic mass is 9.74. The number of carbonyl (C=O) groups is 1. The maximum absolute atomic E-state index is 11.2. The Bertz CT molecular complexity index is 540. The summed E-state index contributed by atoms with van der Waals surface area (Å²) in [5.74, 6) is -0.0332. The summed E-state index contributed by atoms with van der Waals surface area (Å²) < 4.78 is 5.99. The van der Waals surface area contributed by atoms with Gasteiger partial charge in [0.25, 0.3) is 0 Å². The van der Waals surface area contributed by atoms with E-state index in [1.54, 1.807) is 0 Å². The highest BCUT2D eigenvalue weighted by Gasteiger charge is 2.42. The normalized spacial score (nSPS) is 24.5. The first kappa shape index (κ1) is 15.5. The number of rotatable bonds is 4. The molecule has 1 aromatic carbocycles. The summed E-state index contributed by atoms with van der Waals surface area (Å²) in [6, 6.07) is 8.88. The molecule has 1 heterocycles. The Morgan fingerprint density at radius 1 is 1.41 bits per heavy atom. The van der Waals surface area contributed by atoms with Crippen LogP contribution in [0.4, 0.5) is 5.69 Å². The van der Waals surface area contributed by atoms with E-state index < -0.39 is 0 Å². The van der Waals surface area contributed by atoms with Crippen LogP contribution in [-0.2, 0) is 9.53 Å². The van der Waals surface area contributed by atoms with Crippen LogP contribution in [0.1, 0.15) is 57.6 Å². The molecule has 22 heavy (non-hydrogen) atoms. The second kappa shape index (κ2) is 6.39. The van der Waals surface area contributed by atoms with Crippen molar-refractivity contribution < 1.29 is 9.53 Å². The van der Waals surface area contributed by atoms with Gasteiger partial charge in [-0.3, -0.25) is 4.79 Å². The van der Waals surface area contributed by atoms with Gasteiger partial charge in [0.1, 0.15) is 0 Å². The van der Waals surface area contributed by atoms with Gasteiger partial charge >= 0.3 is 0 Å². The topological polar surface area (TPSA) is 50.4 Å². The summed E-state index contributed by atoms with van der Waals surface area (Å²) in [6.45, 7) is 4.60. The molecule has 1 saturated heterocycles. The summed E-state index contributed by atoms with van der Waals surface area (Å²) in [6.07, 6.45) is 5.95. The number of carbonyl (C=O) groups excluding carboxylic acids is 1. The average molecular weight is 302 g/mol. The largest absolute Gasteiger partial charge is 0.375 e. The minimum absolute atomic E-state index is 0.0332. The van der Waals surface area contributed by atoms with E-state index in [-0.39, 0.29) is 17.6 Å². The average Bonchev–Trinajstić information content (AvgIpc) is 2.45. The van der Waals surface area contributed by atoms with E-state index in [0.29, 0.717) is 6.04 Å². The van der Waals surface area contributed by atoms with Crippen molar-refractivity contribution in [2.45, 2.75) is 63.6 Å². The fraction of sp³-hybridized carbons (Fsp3) is 0.611. The molecule has 3 rings (SSSR count). The highest BCUT2D eigenvalue weighted by molar-refractivity contribution is 5.88. The molecule has 0 unspecified atom stereocenters. The summed E-state index contributed by atoms with van der Waals surface area (Å²) in [5, 5.41) is 6.59. The molecule has 0 bridgehead atoms. The molecular formula is C18H26N2O2. The van der Waals surface area contributed by atoms with Gasteiger partial charge in [0, 0.05) is 31.3 Å². The number of amides is 1. The quantitative estimate of drug-likeness (QED) is 0.896. The molecule has 120 valence electrons. The van der Waals surface area contributed by atoms with Crippen molar-refractivity contribution in [3.8, 4) is 0 Å². The van der Waals surface area contributed by atoms with Crippen LogP contribution in [0.15, 0.2) is 24.3 Å². The molecule has 1 aliphatic carbocycles. The van der Waals surface area contributed by atoms with Crippen LogP contribution in [-0.4, -0.2) is 24.2 Å². The van der Waals surface area contributed by atoms with Crippen LogP contribution >= 0.6 is 0 Å². The van der Waals surface area contributed by atoms with Crippen molar-refractivity contribution in [1.29, 1.82) is 0 Å². The van der Waals surface area contributed by atoms with Crippen molar-refractivity contribution in [3.63, 3.8) is 0 Å². The third kappa shape index (κ3) is 3.50. The SMILES string of the molecule is CC(=O)Nc1cccc([C@@H](C)N[C@H]2CCOC3(CCC3)C2)c1. The Hall–Kier alpha value is -1.39. The molecule has 1 aliphatic heterocycles. The van der Waals surface area contributed by atoms with E-state index in [0.717, 1.165) is 25.1 Å². The fourth-order valence-corrected chi connectivity index (χ4v) is 3.63. The predicted molar refractivity (Wildman–Crippen MR) is 87.9 cm³/mol. The number of hydrogen-bond donors (Lipinski definition) is 2. The number of nitrogens with one attached hydrogen (secondary N) is 2. The van der Waals surface area contributed by atoms with Gasteiger partial charge < -0.3 is 15.4 Å². The number of anilines is 1. The van der Waals surface area contributed by atoms with Gasteiger partial charge in [-0.1, -0.05) is 12.1 Å². The molecule has 0 aromatic heterocycles. The van der Waals surface area contributed by atoms with E-state index in [1.165, 1.54) is 31.7 Å². The lowest BCUT2D eigenvalue weighted by Gasteiger charge is -2.47. The Morgan fingerprint density at radius 2 is 2.23 bits per heavy atom. The molecule has 1 saturated carbocycles. The minimum Gasteiger partial charge on any atom is -0.375 e. The Kier molecular flexibility index (Phi) is 4.50. The minimum atomic E-state index is -0.0332. The molecule has 4 nitrogen and oxygen atoms in total. The van der Waals surface area contributed by atoms with Gasteiger partial charge in [0.15, 0.2) is 0 Å². The first-order valence-electron chi connectivity index (χ1n) is 8.34. The second-order valence-electron chi connectivity index (χ2n) is 6.77. The van der Waals surface area contributed by atoms with Crippen molar-refractivity contribution in [2.75, 3.05) is 11.9 Å². The van der Waals surface area contributed by atoms with E-state index in [4.69, 9.17) is 4.74 Å². The Morgan fingerprint density at radius 3 is 2.91 bits per heavy atom. The number of hydrogen-bond acceptors (Lipinski definition) is 3. The number of ether oxygens (including phenoxy) is 1. The molecular weight excluding hydrogens is 276 g/mol. The van der Waals surface area contributed by atoms with Crippen LogP contribution in [0.3, 0.4) is 0 Å². The first-order chi connectivity index (χ1) is 10.6. The summed E-state index contributed by atoms with van der Waals surface area (Å²) in [4.78, 5) is 11.2. The van der Waals surface area contributed by atoms with Crippen LogP contribution in [0.25, 0.3) is 0 Å². The molecule has 4 heteroatoms. The molecule has 2 atom stereocenters. The zero-order chi connectivity index (χ0) is 15.6. The standard InChI is InChI=1S/C18H26N2O2/c1-13(15-5-3-6-16(11-15)20-14(2)21)19-17-7-10-22-18(12-17)8-4-9-18/h3,5-6,11,13,17,19H,4,7-10,12H2,1-2H3,(H,20,21)/t13-,17+/m1/s1. The van der Waals surface area contributed by atoms with Crippen molar-refractivity contribution in [2.24, 2.45) is 0 Å². The highest BCUT2D eigenvalue weighted by Crippen LogP contribution is 2.42. The van der Waals surface area contributed by atoms with Gasteiger partial charge in [0.2, 0.25) is 5.91 Å². The van der Waals surface area contributed by atoms with Crippen molar-refractivity contribution >= 4 is 11.6 Å². The van der Waals surface area contributed by atoms with Crippen molar-refractivity contribution in [1.82, 2.24) is 5.32 Å². The van der Waals surface area contributed by atoms with Gasteiger partial charge in [-0.2, -0.15) is 0 Å². The second-order valence-corrected chi connectivity index (χ2v) is 6.77. The zero-order valence-corrected chi connectivity index (χ0v) is 13.5. The lowest BCUT2D eigenvalue weighted by Crippen LogP contribution is -2.51. The predicted octanol–water partition coefficient (Wildman–Crippen LogP) is 3.40. The maximum atomic E-state index is 11.2. The molecule has 0 radical (unpaired) electrons. The third-order valence-electron chi connectivity index (χ3n) is 4.95. The molecule has 2 fully saturated rings. The van der Waals surface area contributed by atoms with Gasteiger partial charge in [-0.15, -0.1) is 0 Å². The van der Waals surface area contributed by atoms with E-state index in [1.807, 2.05) is 12.1 Å².